The lowest BCUT2D eigenvalue weighted by Gasteiger charge is -2.44. The van der Waals surface area contributed by atoms with E-state index in [1.807, 2.05) is 23.1 Å². The van der Waals surface area contributed by atoms with Crippen molar-refractivity contribution in [3.8, 4) is 0 Å². The Kier molecular flexibility index (Phi) is 7.61. The molecular weight excluding hydrogens is 502 g/mol. The predicted molar refractivity (Wildman–Crippen MR) is 152 cm³/mol. The summed E-state index contributed by atoms with van der Waals surface area (Å²) in [6.07, 6.45) is 3.31. The fourth-order valence-corrected chi connectivity index (χ4v) is 8.64. The smallest absolute Gasteiger partial charge is 0.245 e. The molecular formula is C29H37N3O3S2. The maximum absolute atomic E-state index is 13.7. The molecule has 1 aromatic heterocycles. The highest BCUT2D eigenvalue weighted by atomic mass is 32.2. The summed E-state index contributed by atoms with van der Waals surface area (Å²) in [7, 11) is -1.33. The number of hydrogen-bond acceptors (Lipinski definition) is 6. The van der Waals surface area contributed by atoms with Crippen LogP contribution in [0.5, 0.6) is 0 Å². The molecule has 1 saturated heterocycles. The lowest BCUT2D eigenvalue weighted by atomic mass is 9.81. The van der Waals surface area contributed by atoms with E-state index in [9.17, 15) is 13.2 Å². The average molecular weight is 540 g/mol. The Labute approximate surface area is 224 Å². The van der Waals surface area contributed by atoms with Crippen molar-refractivity contribution in [2.75, 3.05) is 24.7 Å². The van der Waals surface area contributed by atoms with Crippen LogP contribution in [0.3, 0.4) is 0 Å². The molecule has 2 aliphatic rings. The van der Waals surface area contributed by atoms with Gasteiger partial charge in [0.05, 0.1) is 16.3 Å². The van der Waals surface area contributed by atoms with Gasteiger partial charge >= 0.3 is 0 Å². The normalized spacial score (nSPS) is 24.9. The number of anilines is 1. The Morgan fingerprint density at radius 1 is 1.05 bits per heavy atom. The summed E-state index contributed by atoms with van der Waals surface area (Å²) in [4.78, 5) is 18.4. The third-order valence-electron chi connectivity index (χ3n) is 8.29. The van der Waals surface area contributed by atoms with E-state index in [0.29, 0.717) is 23.5 Å². The predicted octanol–water partition coefficient (Wildman–Crippen LogP) is 5.27. The largest absolute Gasteiger partial charge is 0.372 e. The van der Waals surface area contributed by atoms with Crippen molar-refractivity contribution >= 4 is 42.9 Å². The lowest BCUT2D eigenvalue weighted by molar-refractivity contribution is -0.132. The van der Waals surface area contributed by atoms with Crippen LogP contribution in [-0.4, -0.2) is 67.6 Å². The molecule has 1 aliphatic heterocycles. The zero-order chi connectivity index (χ0) is 26.2. The second kappa shape index (κ2) is 10.8. The van der Waals surface area contributed by atoms with Gasteiger partial charge < -0.3 is 15.1 Å². The Morgan fingerprint density at radius 2 is 1.78 bits per heavy atom. The summed E-state index contributed by atoms with van der Waals surface area (Å²) in [6.45, 7) is 5.02. The van der Waals surface area contributed by atoms with Crippen LogP contribution >= 0.6 is 11.3 Å². The number of carbonyl (C=O) groups is 1. The number of thiophene rings is 1. The van der Waals surface area contributed by atoms with Gasteiger partial charge in [-0.05, 0) is 70.7 Å². The molecule has 1 saturated carbocycles. The monoisotopic (exact) mass is 539 g/mol. The van der Waals surface area contributed by atoms with Crippen LogP contribution in [0.2, 0.25) is 0 Å². The van der Waals surface area contributed by atoms with E-state index in [2.05, 4.69) is 48.6 Å². The van der Waals surface area contributed by atoms with Gasteiger partial charge in [0.25, 0.3) is 0 Å². The Bertz CT molecular complexity index is 1340. The first-order valence-corrected chi connectivity index (χ1v) is 15.8. The first-order chi connectivity index (χ1) is 17.7. The van der Waals surface area contributed by atoms with Gasteiger partial charge in [0.1, 0.15) is 6.04 Å². The van der Waals surface area contributed by atoms with Crippen molar-refractivity contribution in [3.63, 3.8) is 0 Å². The van der Waals surface area contributed by atoms with E-state index in [0.717, 1.165) is 36.8 Å². The average Bonchev–Trinajstić information content (AvgIpc) is 3.47. The lowest BCUT2D eigenvalue weighted by Crippen LogP contribution is -2.52. The summed E-state index contributed by atoms with van der Waals surface area (Å²) in [5, 5.41) is 6.73. The molecule has 0 radical (unpaired) electrons. The maximum atomic E-state index is 13.7. The molecule has 0 spiro atoms. The highest BCUT2D eigenvalue weighted by Crippen LogP contribution is 2.37. The molecule has 1 unspecified atom stereocenters. The van der Waals surface area contributed by atoms with Gasteiger partial charge in [-0.3, -0.25) is 4.79 Å². The second-order valence-corrected chi connectivity index (χ2v) is 13.8. The van der Waals surface area contributed by atoms with Gasteiger partial charge in [-0.1, -0.05) is 36.4 Å². The highest BCUT2D eigenvalue weighted by molar-refractivity contribution is 7.91. The van der Waals surface area contributed by atoms with Gasteiger partial charge in [-0.15, -0.1) is 11.3 Å². The van der Waals surface area contributed by atoms with Crippen molar-refractivity contribution in [2.45, 2.75) is 68.6 Å². The SMILES string of the molecule is CC(C)N(C)[C@@H]1CC[C@H](N2CCC(Nc3csc4ccccc34)C2=O)[C@@H](CS(=O)(=O)c2ccccc2)C1. The molecule has 1 N–H and O–H groups in total. The van der Waals surface area contributed by atoms with Crippen LogP contribution in [-0.2, 0) is 14.6 Å². The number of hydrogen-bond donors (Lipinski definition) is 1. The number of likely N-dealkylation sites (tertiary alicyclic amines) is 1. The number of nitrogens with zero attached hydrogens (tertiary/aromatic N) is 2. The molecule has 198 valence electrons. The van der Waals surface area contributed by atoms with Crippen LogP contribution in [0, 0.1) is 5.92 Å². The van der Waals surface area contributed by atoms with E-state index in [1.54, 1.807) is 35.6 Å². The molecule has 0 bridgehead atoms. The number of carbonyl (C=O) groups excluding carboxylic acids is 1. The van der Waals surface area contributed by atoms with Crippen molar-refractivity contribution in [1.29, 1.82) is 0 Å². The van der Waals surface area contributed by atoms with E-state index in [-0.39, 0.29) is 29.7 Å². The topological polar surface area (TPSA) is 69.7 Å². The molecule has 5 rings (SSSR count). The van der Waals surface area contributed by atoms with Crippen molar-refractivity contribution in [2.24, 2.45) is 5.92 Å². The summed E-state index contributed by atoms with van der Waals surface area (Å²) in [6, 6.07) is 17.3. The quantitative estimate of drug-likeness (QED) is 0.423. The van der Waals surface area contributed by atoms with Gasteiger partial charge in [0, 0.05) is 40.1 Å². The minimum atomic E-state index is -3.46. The van der Waals surface area contributed by atoms with Gasteiger partial charge in [0.2, 0.25) is 5.91 Å². The molecule has 4 atom stereocenters. The van der Waals surface area contributed by atoms with E-state index in [1.165, 1.54) is 4.70 Å². The molecule has 3 aromatic rings. The number of rotatable bonds is 8. The third-order valence-corrected chi connectivity index (χ3v) is 11.1. The molecule has 6 nitrogen and oxygen atoms in total. The Balaban J connectivity index is 1.36. The number of benzene rings is 2. The fourth-order valence-electron chi connectivity index (χ4n) is 6.05. The molecule has 8 heteroatoms. The minimum Gasteiger partial charge on any atom is -0.372 e. The van der Waals surface area contributed by atoms with E-state index < -0.39 is 9.84 Å². The fraction of sp³-hybridized carbons (Fsp3) is 0.483. The molecule has 1 aliphatic carbocycles. The van der Waals surface area contributed by atoms with Crippen LogP contribution < -0.4 is 5.32 Å². The molecule has 2 fully saturated rings. The molecule has 1 amide bonds. The molecule has 2 heterocycles. The summed E-state index contributed by atoms with van der Waals surface area (Å²) >= 11 is 1.68. The zero-order valence-electron chi connectivity index (χ0n) is 21.8. The number of fused-ring (bicyclic) bond motifs is 1. The zero-order valence-corrected chi connectivity index (χ0v) is 23.5. The van der Waals surface area contributed by atoms with E-state index in [4.69, 9.17) is 0 Å². The first kappa shape index (κ1) is 26.2. The maximum Gasteiger partial charge on any atom is 0.245 e. The van der Waals surface area contributed by atoms with Gasteiger partial charge in [-0.25, -0.2) is 8.42 Å². The van der Waals surface area contributed by atoms with Gasteiger partial charge in [0.15, 0.2) is 9.84 Å². The standard InChI is InChI=1S/C29H37N3O3S2/c1-20(2)31(3)22-13-14-27(21(17-22)19-37(34,35)23-9-5-4-6-10-23)32-16-15-25(29(32)33)30-26-18-36-28-12-8-7-11-24(26)28/h4-12,18,20-22,25,27,30H,13-17,19H2,1-3H3/t21-,22-,25?,27+/m1/s1. The second-order valence-electron chi connectivity index (χ2n) is 10.8. The third kappa shape index (κ3) is 5.42. The minimum absolute atomic E-state index is 0.0613. The summed E-state index contributed by atoms with van der Waals surface area (Å²) in [5.74, 6) is 0.0640. The van der Waals surface area contributed by atoms with Crippen molar-refractivity contribution in [3.05, 3.63) is 60.0 Å². The van der Waals surface area contributed by atoms with Crippen LogP contribution in [0.25, 0.3) is 10.1 Å². The molecule has 2 aromatic carbocycles. The highest BCUT2D eigenvalue weighted by Gasteiger charge is 2.44. The number of amides is 1. The van der Waals surface area contributed by atoms with Gasteiger partial charge in [-0.2, -0.15) is 0 Å². The van der Waals surface area contributed by atoms with E-state index >= 15 is 0 Å². The van der Waals surface area contributed by atoms with Crippen molar-refractivity contribution in [1.82, 2.24) is 9.80 Å². The number of nitrogens with one attached hydrogen (secondary N) is 1. The van der Waals surface area contributed by atoms with Crippen LogP contribution in [0.4, 0.5) is 5.69 Å². The summed E-state index contributed by atoms with van der Waals surface area (Å²) in [5.41, 5.74) is 1.01. The number of sulfone groups is 1. The Hall–Kier alpha value is -2.42. The molecule has 37 heavy (non-hydrogen) atoms. The van der Waals surface area contributed by atoms with Crippen LogP contribution in [0.1, 0.15) is 39.5 Å². The first-order valence-electron chi connectivity index (χ1n) is 13.3. The summed E-state index contributed by atoms with van der Waals surface area (Å²) < 4.78 is 28.0. The van der Waals surface area contributed by atoms with Crippen LogP contribution in [0.15, 0.2) is 64.9 Å². The Morgan fingerprint density at radius 3 is 2.54 bits per heavy atom. The van der Waals surface area contributed by atoms with Crippen molar-refractivity contribution < 1.29 is 13.2 Å².